The van der Waals surface area contributed by atoms with Gasteiger partial charge in [-0.3, -0.25) is 0 Å². The van der Waals surface area contributed by atoms with Crippen LogP contribution in [0.4, 0.5) is 0 Å². The molecule has 3 rings (SSSR count). The fraction of sp³-hybridized carbons (Fsp3) is 0.333. The number of likely N-dealkylation sites (N-methyl/N-ethyl adjacent to an activating group) is 1. The number of fused-ring (bicyclic) bond motifs is 1. The zero-order chi connectivity index (χ0) is 14.1. The number of rotatable bonds is 4. The molecule has 1 N–H and O–H groups in total. The molecule has 0 amide bonds. The predicted molar refractivity (Wildman–Crippen MR) is 90.8 cm³/mol. The van der Waals surface area contributed by atoms with Gasteiger partial charge in [-0.1, -0.05) is 25.1 Å². The topological polar surface area (TPSA) is 21.3 Å². The SMILES string of the molecule is CCNC(c1cc(Br)sc1Br)C1COc2ccccc21. The van der Waals surface area contributed by atoms with Crippen LogP contribution in [0.3, 0.4) is 0 Å². The first-order valence-electron chi connectivity index (χ1n) is 6.60. The summed E-state index contributed by atoms with van der Waals surface area (Å²) in [7, 11) is 0. The van der Waals surface area contributed by atoms with Crippen molar-refractivity contribution in [3.63, 3.8) is 0 Å². The summed E-state index contributed by atoms with van der Waals surface area (Å²) < 4.78 is 8.17. The summed E-state index contributed by atoms with van der Waals surface area (Å²) in [4.78, 5) is 0. The third kappa shape index (κ3) is 2.69. The van der Waals surface area contributed by atoms with Gasteiger partial charge in [0.1, 0.15) is 5.75 Å². The number of nitrogens with one attached hydrogen (secondary N) is 1. The van der Waals surface area contributed by atoms with E-state index < -0.39 is 0 Å². The molecule has 0 saturated heterocycles. The van der Waals surface area contributed by atoms with Gasteiger partial charge >= 0.3 is 0 Å². The lowest BCUT2D eigenvalue weighted by atomic mass is 9.90. The molecule has 2 heterocycles. The summed E-state index contributed by atoms with van der Waals surface area (Å²) in [5, 5.41) is 3.61. The Kier molecular flexibility index (Phi) is 4.50. The first-order chi connectivity index (χ1) is 9.70. The molecule has 2 atom stereocenters. The van der Waals surface area contributed by atoms with Crippen molar-refractivity contribution in [3.05, 3.63) is 49.0 Å². The molecule has 0 radical (unpaired) electrons. The van der Waals surface area contributed by atoms with Crippen LogP contribution in [-0.2, 0) is 0 Å². The maximum absolute atomic E-state index is 5.84. The Morgan fingerprint density at radius 1 is 1.40 bits per heavy atom. The molecule has 0 aliphatic carbocycles. The number of para-hydroxylation sites is 1. The van der Waals surface area contributed by atoms with Crippen LogP contribution in [-0.4, -0.2) is 13.2 Å². The Morgan fingerprint density at radius 2 is 2.20 bits per heavy atom. The van der Waals surface area contributed by atoms with Crippen molar-refractivity contribution in [1.82, 2.24) is 5.32 Å². The van der Waals surface area contributed by atoms with E-state index in [0.717, 1.165) is 22.7 Å². The maximum atomic E-state index is 5.84. The predicted octanol–water partition coefficient (Wildman–Crippen LogP) is 5.10. The van der Waals surface area contributed by atoms with Crippen LogP contribution in [0.1, 0.15) is 30.0 Å². The highest BCUT2D eigenvalue weighted by atomic mass is 79.9. The fourth-order valence-electron chi connectivity index (χ4n) is 2.72. The molecule has 1 aliphatic rings. The van der Waals surface area contributed by atoms with Crippen LogP contribution < -0.4 is 10.1 Å². The van der Waals surface area contributed by atoms with Gasteiger partial charge in [0.15, 0.2) is 0 Å². The minimum absolute atomic E-state index is 0.264. The Labute approximate surface area is 139 Å². The van der Waals surface area contributed by atoms with E-state index in [1.54, 1.807) is 11.3 Å². The third-order valence-corrected chi connectivity index (χ3v) is 5.97. The van der Waals surface area contributed by atoms with E-state index in [2.05, 4.69) is 68.4 Å². The maximum Gasteiger partial charge on any atom is 0.122 e. The van der Waals surface area contributed by atoms with Crippen molar-refractivity contribution in [2.24, 2.45) is 0 Å². The zero-order valence-electron chi connectivity index (χ0n) is 11.0. The smallest absolute Gasteiger partial charge is 0.122 e. The summed E-state index contributed by atoms with van der Waals surface area (Å²) in [5.74, 6) is 1.37. The van der Waals surface area contributed by atoms with E-state index in [4.69, 9.17) is 4.74 Å². The normalized spacial score (nSPS) is 18.6. The Hall–Kier alpha value is -0.360. The first-order valence-corrected chi connectivity index (χ1v) is 9.00. The number of halogens is 2. The van der Waals surface area contributed by atoms with Gasteiger partial charge in [0.05, 0.1) is 14.2 Å². The molecule has 2 aromatic rings. The van der Waals surface area contributed by atoms with Crippen LogP contribution in [0.5, 0.6) is 5.75 Å². The van der Waals surface area contributed by atoms with Crippen LogP contribution in [0, 0.1) is 0 Å². The Morgan fingerprint density at radius 3 is 2.90 bits per heavy atom. The van der Waals surface area contributed by atoms with E-state index in [0.29, 0.717) is 5.92 Å². The average Bonchev–Trinajstić information content (AvgIpc) is 3.00. The molecule has 1 aliphatic heterocycles. The van der Waals surface area contributed by atoms with Gasteiger partial charge in [0, 0.05) is 17.5 Å². The molecule has 5 heteroatoms. The van der Waals surface area contributed by atoms with Gasteiger partial charge in [-0.2, -0.15) is 0 Å². The number of ether oxygens (including phenoxy) is 1. The minimum Gasteiger partial charge on any atom is -0.493 e. The van der Waals surface area contributed by atoms with E-state index in [-0.39, 0.29) is 6.04 Å². The summed E-state index contributed by atoms with van der Waals surface area (Å²) in [5.41, 5.74) is 2.60. The van der Waals surface area contributed by atoms with Crippen molar-refractivity contribution in [2.45, 2.75) is 18.9 Å². The molecule has 0 bridgehead atoms. The lowest BCUT2D eigenvalue weighted by Gasteiger charge is -2.23. The molecular formula is C15H15Br2NOS. The highest BCUT2D eigenvalue weighted by molar-refractivity contribution is 9.12. The molecule has 0 fully saturated rings. The van der Waals surface area contributed by atoms with E-state index >= 15 is 0 Å². The molecule has 2 unspecified atom stereocenters. The average molecular weight is 417 g/mol. The number of hydrogen-bond donors (Lipinski definition) is 1. The highest BCUT2D eigenvalue weighted by Gasteiger charge is 2.33. The lowest BCUT2D eigenvalue weighted by Crippen LogP contribution is -2.27. The molecule has 106 valence electrons. The Balaban J connectivity index is 1.98. The molecule has 20 heavy (non-hydrogen) atoms. The summed E-state index contributed by atoms with van der Waals surface area (Å²) in [6.07, 6.45) is 0. The van der Waals surface area contributed by atoms with Crippen LogP contribution in [0.2, 0.25) is 0 Å². The van der Waals surface area contributed by atoms with Gasteiger partial charge in [-0.25, -0.2) is 0 Å². The van der Waals surface area contributed by atoms with E-state index in [1.165, 1.54) is 14.9 Å². The minimum atomic E-state index is 0.264. The molecule has 1 aromatic heterocycles. The van der Waals surface area contributed by atoms with Gasteiger partial charge in [-0.05, 0) is 56.1 Å². The number of hydrogen-bond acceptors (Lipinski definition) is 3. The standard InChI is InChI=1S/C15H15Br2NOS/c1-2-18-14(10-7-13(16)20-15(10)17)11-8-19-12-6-4-3-5-9(11)12/h3-7,11,14,18H,2,8H2,1H3. The molecule has 1 aromatic carbocycles. The molecule has 2 nitrogen and oxygen atoms in total. The van der Waals surface area contributed by atoms with E-state index in [1.807, 2.05) is 6.07 Å². The first kappa shape index (κ1) is 14.6. The summed E-state index contributed by atoms with van der Waals surface area (Å²) >= 11 is 8.97. The fourth-order valence-corrected chi connectivity index (χ4v) is 5.65. The Bertz CT molecular complexity index is 614. The van der Waals surface area contributed by atoms with Crippen LogP contribution in [0.25, 0.3) is 0 Å². The highest BCUT2D eigenvalue weighted by Crippen LogP contribution is 2.45. The largest absolute Gasteiger partial charge is 0.493 e. The third-order valence-electron chi connectivity index (χ3n) is 3.58. The zero-order valence-corrected chi connectivity index (χ0v) is 15.0. The number of benzene rings is 1. The quantitative estimate of drug-likeness (QED) is 0.748. The molecule has 0 saturated carbocycles. The van der Waals surface area contributed by atoms with Crippen LogP contribution >= 0.6 is 43.2 Å². The summed E-state index contributed by atoms with van der Waals surface area (Å²) in [6.45, 7) is 3.81. The summed E-state index contributed by atoms with van der Waals surface area (Å²) in [6, 6.07) is 10.8. The number of thiophene rings is 1. The van der Waals surface area contributed by atoms with Crippen molar-refractivity contribution in [2.75, 3.05) is 13.2 Å². The molecule has 0 spiro atoms. The van der Waals surface area contributed by atoms with Gasteiger partial charge in [-0.15, -0.1) is 11.3 Å². The van der Waals surface area contributed by atoms with Crippen molar-refractivity contribution in [3.8, 4) is 5.75 Å². The second kappa shape index (κ2) is 6.18. The van der Waals surface area contributed by atoms with Crippen molar-refractivity contribution in [1.29, 1.82) is 0 Å². The van der Waals surface area contributed by atoms with Gasteiger partial charge < -0.3 is 10.1 Å². The lowest BCUT2D eigenvalue weighted by molar-refractivity contribution is 0.301. The monoisotopic (exact) mass is 415 g/mol. The molecular weight excluding hydrogens is 402 g/mol. The van der Waals surface area contributed by atoms with Crippen molar-refractivity contribution < 1.29 is 4.74 Å². The van der Waals surface area contributed by atoms with Gasteiger partial charge in [0.25, 0.3) is 0 Å². The van der Waals surface area contributed by atoms with Crippen molar-refractivity contribution >= 4 is 43.2 Å². The van der Waals surface area contributed by atoms with E-state index in [9.17, 15) is 0 Å². The second-order valence-corrected chi connectivity index (χ2v) is 8.52. The van der Waals surface area contributed by atoms with Crippen LogP contribution in [0.15, 0.2) is 37.9 Å². The van der Waals surface area contributed by atoms with Gasteiger partial charge in [0.2, 0.25) is 0 Å². The second-order valence-electron chi connectivity index (χ2n) is 4.77.